The van der Waals surface area contributed by atoms with E-state index in [-0.39, 0.29) is 17.9 Å². The van der Waals surface area contributed by atoms with Crippen molar-refractivity contribution in [3.63, 3.8) is 0 Å². The van der Waals surface area contributed by atoms with Crippen LogP contribution in [0.3, 0.4) is 0 Å². The molecule has 0 heterocycles. The number of thioether (sulfide) groups is 1. The first-order valence-electron chi connectivity index (χ1n) is 11.2. The number of benzene rings is 2. The van der Waals surface area contributed by atoms with Crippen molar-refractivity contribution in [1.82, 2.24) is 10.2 Å². The molecule has 0 aliphatic carbocycles. The van der Waals surface area contributed by atoms with Crippen molar-refractivity contribution in [3.05, 3.63) is 65.2 Å². The average Bonchev–Trinajstić information content (AvgIpc) is 2.80. The molecule has 5 nitrogen and oxygen atoms in total. The zero-order valence-electron chi connectivity index (χ0n) is 19.9. The fraction of sp³-hybridized carbons (Fsp3) is 0.462. The molecule has 0 aliphatic rings. The molecule has 2 rings (SSSR count). The normalized spacial score (nSPS) is 12.7. The number of nitrogens with zero attached hydrogens (tertiary/aromatic N) is 1. The number of ether oxygens (including phenoxy) is 1. The monoisotopic (exact) mass is 456 g/mol. The molecule has 0 radical (unpaired) electrons. The van der Waals surface area contributed by atoms with Gasteiger partial charge in [0, 0.05) is 18.3 Å². The zero-order chi connectivity index (χ0) is 23.5. The Balaban J connectivity index is 2.15. The Kier molecular flexibility index (Phi) is 10.6. The highest BCUT2D eigenvalue weighted by molar-refractivity contribution is 7.99. The van der Waals surface area contributed by atoms with Gasteiger partial charge in [0.25, 0.3) is 0 Å². The topological polar surface area (TPSA) is 58.6 Å². The standard InChI is InChI=1S/C26H36N2O3S/c1-6-20(4)27-26(30)24(7-2)28(16-22-9-8-10-23(15-22)31-5)25(29)18-32-17-21-13-11-19(3)12-14-21/h8-15,20,24H,6-7,16-18H2,1-5H3,(H,27,30)/t20-,24-/m1/s1. The lowest BCUT2D eigenvalue weighted by molar-refractivity contribution is -0.139. The van der Waals surface area contributed by atoms with Crippen LogP contribution >= 0.6 is 11.8 Å². The summed E-state index contributed by atoms with van der Waals surface area (Å²) in [5, 5.41) is 3.05. The van der Waals surface area contributed by atoms with E-state index in [1.807, 2.05) is 45.0 Å². The van der Waals surface area contributed by atoms with Crippen LogP contribution in [-0.2, 0) is 21.9 Å². The predicted octanol–water partition coefficient (Wildman–Crippen LogP) is 4.96. The van der Waals surface area contributed by atoms with E-state index in [0.717, 1.165) is 23.5 Å². The molecule has 0 unspecified atom stereocenters. The second-order valence-corrected chi connectivity index (χ2v) is 9.08. The van der Waals surface area contributed by atoms with Gasteiger partial charge in [-0.1, -0.05) is 55.8 Å². The summed E-state index contributed by atoms with van der Waals surface area (Å²) >= 11 is 1.58. The maximum Gasteiger partial charge on any atom is 0.243 e. The summed E-state index contributed by atoms with van der Waals surface area (Å²) < 4.78 is 5.33. The third kappa shape index (κ3) is 7.90. The van der Waals surface area contributed by atoms with Gasteiger partial charge in [-0.2, -0.15) is 0 Å². The molecule has 32 heavy (non-hydrogen) atoms. The van der Waals surface area contributed by atoms with Gasteiger partial charge in [-0.25, -0.2) is 0 Å². The first kappa shape index (κ1) is 25.8. The minimum absolute atomic E-state index is 0.0314. The molecule has 1 N–H and O–H groups in total. The lowest BCUT2D eigenvalue weighted by Crippen LogP contribution is -2.51. The van der Waals surface area contributed by atoms with Gasteiger partial charge in [0.15, 0.2) is 0 Å². The Labute approximate surface area is 196 Å². The van der Waals surface area contributed by atoms with Gasteiger partial charge in [-0.15, -0.1) is 11.8 Å². The minimum atomic E-state index is -0.511. The van der Waals surface area contributed by atoms with E-state index in [2.05, 4.69) is 36.5 Å². The van der Waals surface area contributed by atoms with Gasteiger partial charge in [0.1, 0.15) is 11.8 Å². The quantitative estimate of drug-likeness (QED) is 0.490. The molecule has 0 saturated heterocycles. The van der Waals surface area contributed by atoms with Gasteiger partial charge in [-0.3, -0.25) is 9.59 Å². The smallest absolute Gasteiger partial charge is 0.243 e. The van der Waals surface area contributed by atoms with Crippen molar-refractivity contribution >= 4 is 23.6 Å². The molecule has 0 fully saturated rings. The van der Waals surface area contributed by atoms with Crippen molar-refractivity contribution in [3.8, 4) is 5.75 Å². The second-order valence-electron chi connectivity index (χ2n) is 8.09. The summed E-state index contributed by atoms with van der Waals surface area (Å²) in [4.78, 5) is 28.0. The number of hydrogen-bond donors (Lipinski definition) is 1. The Morgan fingerprint density at radius 3 is 2.41 bits per heavy atom. The third-order valence-electron chi connectivity index (χ3n) is 5.49. The molecule has 174 valence electrons. The number of nitrogens with one attached hydrogen (secondary N) is 1. The van der Waals surface area contributed by atoms with Crippen LogP contribution in [0.5, 0.6) is 5.75 Å². The molecule has 0 spiro atoms. The zero-order valence-corrected chi connectivity index (χ0v) is 20.7. The van der Waals surface area contributed by atoms with Crippen molar-refractivity contribution in [2.75, 3.05) is 12.9 Å². The summed E-state index contributed by atoms with van der Waals surface area (Å²) in [6.45, 7) is 8.40. The molecule has 2 atom stereocenters. The first-order valence-corrected chi connectivity index (χ1v) is 12.4. The first-order chi connectivity index (χ1) is 15.4. The predicted molar refractivity (Wildman–Crippen MR) is 133 cm³/mol. The Bertz CT molecular complexity index is 870. The molecular weight excluding hydrogens is 420 g/mol. The number of aryl methyl sites for hydroxylation is 1. The van der Waals surface area contributed by atoms with E-state index < -0.39 is 6.04 Å². The summed E-state index contributed by atoms with van der Waals surface area (Å²) in [6.07, 6.45) is 1.40. The van der Waals surface area contributed by atoms with E-state index in [4.69, 9.17) is 4.74 Å². The van der Waals surface area contributed by atoms with Crippen LogP contribution in [-0.4, -0.2) is 41.7 Å². The summed E-state index contributed by atoms with van der Waals surface area (Å²) in [6, 6.07) is 15.6. The number of hydrogen-bond acceptors (Lipinski definition) is 4. The van der Waals surface area contributed by atoms with Crippen molar-refractivity contribution in [2.24, 2.45) is 0 Å². The molecule has 0 bridgehead atoms. The molecular formula is C26H36N2O3S. The fourth-order valence-electron chi connectivity index (χ4n) is 3.35. The van der Waals surface area contributed by atoms with Crippen LogP contribution in [0.25, 0.3) is 0 Å². The minimum Gasteiger partial charge on any atom is -0.497 e. The Morgan fingerprint density at radius 2 is 1.78 bits per heavy atom. The van der Waals surface area contributed by atoms with E-state index in [1.165, 1.54) is 11.1 Å². The molecule has 2 amide bonds. The molecule has 0 saturated carbocycles. The molecule has 0 aromatic heterocycles. The van der Waals surface area contributed by atoms with Crippen molar-refractivity contribution in [2.45, 2.75) is 64.9 Å². The number of methoxy groups -OCH3 is 1. The largest absolute Gasteiger partial charge is 0.497 e. The Hall–Kier alpha value is -2.47. The van der Waals surface area contributed by atoms with Gasteiger partial charge in [0.05, 0.1) is 12.9 Å². The van der Waals surface area contributed by atoms with E-state index in [9.17, 15) is 9.59 Å². The van der Waals surface area contributed by atoms with Gasteiger partial charge < -0.3 is 15.0 Å². The maximum absolute atomic E-state index is 13.3. The van der Waals surface area contributed by atoms with Gasteiger partial charge in [-0.05, 0) is 49.9 Å². The van der Waals surface area contributed by atoms with Crippen LogP contribution in [0.1, 0.15) is 50.3 Å². The highest BCUT2D eigenvalue weighted by atomic mass is 32.2. The maximum atomic E-state index is 13.3. The number of carbonyl (C=O) groups is 2. The van der Waals surface area contributed by atoms with Crippen LogP contribution < -0.4 is 10.1 Å². The fourth-order valence-corrected chi connectivity index (χ4v) is 4.22. The number of carbonyl (C=O) groups excluding carboxylic acids is 2. The average molecular weight is 457 g/mol. The van der Waals surface area contributed by atoms with Gasteiger partial charge >= 0.3 is 0 Å². The lowest BCUT2D eigenvalue weighted by atomic mass is 10.1. The van der Waals surface area contributed by atoms with Crippen LogP contribution in [0.4, 0.5) is 0 Å². The van der Waals surface area contributed by atoms with Crippen molar-refractivity contribution in [1.29, 1.82) is 0 Å². The molecule has 2 aromatic rings. The summed E-state index contributed by atoms with van der Waals surface area (Å²) in [5.41, 5.74) is 3.35. The molecule has 0 aliphatic heterocycles. The summed E-state index contributed by atoms with van der Waals surface area (Å²) in [7, 11) is 1.62. The van der Waals surface area contributed by atoms with E-state index in [0.29, 0.717) is 18.7 Å². The van der Waals surface area contributed by atoms with Crippen LogP contribution in [0, 0.1) is 6.92 Å². The van der Waals surface area contributed by atoms with Gasteiger partial charge in [0.2, 0.25) is 11.8 Å². The Morgan fingerprint density at radius 1 is 1.06 bits per heavy atom. The SMILES string of the molecule is CC[C@@H](C)NC(=O)[C@@H](CC)N(Cc1cccc(OC)c1)C(=O)CSCc1ccc(C)cc1. The third-order valence-corrected chi connectivity index (χ3v) is 6.48. The van der Waals surface area contributed by atoms with Crippen LogP contribution in [0.15, 0.2) is 48.5 Å². The second kappa shape index (κ2) is 13.2. The number of amides is 2. The van der Waals surface area contributed by atoms with E-state index >= 15 is 0 Å². The summed E-state index contributed by atoms with van der Waals surface area (Å²) in [5.74, 6) is 1.69. The van der Waals surface area contributed by atoms with Crippen molar-refractivity contribution < 1.29 is 14.3 Å². The molecule has 2 aromatic carbocycles. The highest BCUT2D eigenvalue weighted by Gasteiger charge is 2.29. The van der Waals surface area contributed by atoms with E-state index in [1.54, 1.807) is 23.8 Å². The van der Waals surface area contributed by atoms with Crippen LogP contribution in [0.2, 0.25) is 0 Å². The molecule has 6 heteroatoms. The highest BCUT2D eigenvalue weighted by Crippen LogP contribution is 2.20. The number of rotatable bonds is 12. The lowest BCUT2D eigenvalue weighted by Gasteiger charge is -2.31.